The highest BCUT2D eigenvalue weighted by Gasteiger charge is 2.12. The van der Waals surface area contributed by atoms with Gasteiger partial charge in [0.1, 0.15) is 0 Å². The number of rotatable bonds is 4. The van der Waals surface area contributed by atoms with Crippen molar-refractivity contribution in [2.45, 2.75) is 13.0 Å². The minimum Gasteiger partial charge on any atom is -0.351 e. The lowest BCUT2D eigenvalue weighted by molar-refractivity contribution is 0.0940. The second kappa shape index (κ2) is 7.35. The number of amides is 3. The molecule has 0 saturated carbocycles. The van der Waals surface area contributed by atoms with E-state index in [4.69, 9.17) is 28.9 Å². The summed E-state index contributed by atoms with van der Waals surface area (Å²) in [5.74, 6) is -0.241. The van der Waals surface area contributed by atoms with Gasteiger partial charge in [-0.1, -0.05) is 29.3 Å². The molecular weight excluding hydrogens is 337 g/mol. The normalized spacial score (nSPS) is 11.6. The van der Waals surface area contributed by atoms with Gasteiger partial charge >= 0.3 is 6.03 Å². The first-order chi connectivity index (χ1) is 10.9. The fourth-order valence-corrected chi connectivity index (χ4v) is 2.30. The SMILES string of the molecule is CC(NC(=O)c1ccc(NC(N)=O)cc1)c1ccc(Cl)c(Cl)c1. The molecule has 5 nitrogen and oxygen atoms in total. The quantitative estimate of drug-likeness (QED) is 0.778. The molecule has 2 rings (SSSR count). The second-order valence-corrected chi connectivity index (χ2v) is 5.75. The molecule has 0 fully saturated rings. The number of hydrogen-bond acceptors (Lipinski definition) is 2. The van der Waals surface area contributed by atoms with E-state index in [1.54, 1.807) is 42.5 Å². The summed E-state index contributed by atoms with van der Waals surface area (Å²) in [4.78, 5) is 23.0. The van der Waals surface area contributed by atoms with Gasteiger partial charge in [-0.3, -0.25) is 4.79 Å². The largest absolute Gasteiger partial charge is 0.351 e. The first kappa shape index (κ1) is 17.1. The fraction of sp³-hybridized carbons (Fsp3) is 0.125. The average Bonchev–Trinajstić information content (AvgIpc) is 2.50. The number of carbonyl (C=O) groups is 2. The molecule has 0 aliphatic rings. The Morgan fingerprint density at radius 2 is 1.70 bits per heavy atom. The van der Waals surface area contributed by atoms with Crippen LogP contribution < -0.4 is 16.4 Å². The van der Waals surface area contributed by atoms with Crippen LogP contribution in [0.3, 0.4) is 0 Å². The van der Waals surface area contributed by atoms with Crippen LogP contribution >= 0.6 is 23.2 Å². The molecule has 2 aromatic carbocycles. The van der Waals surface area contributed by atoms with E-state index in [0.717, 1.165) is 5.56 Å². The van der Waals surface area contributed by atoms with Crippen LogP contribution in [0.25, 0.3) is 0 Å². The zero-order chi connectivity index (χ0) is 17.0. The smallest absolute Gasteiger partial charge is 0.316 e. The predicted molar refractivity (Wildman–Crippen MR) is 92.0 cm³/mol. The van der Waals surface area contributed by atoms with Crippen LogP contribution in [-0.2, 0) is 0 Å². The van der Waals surface area contributed by atoms with Gasteiger partial charge in [-0.25, -0.2) is 4.79 Å². The molecule has 120 valence electrons. The molecule has 3 amide bonds. The first-order valence-electron chi connectivity index (χ1n) is 6.79. The molecule has 1 unspecified atom stereocenters. The molecule has 2 aromatic rings. The van der Waals surface area contributed by atoms with Crippen LogP contribution in [0.15, 0.2) is 42.5 Å². The Hall–Kier alpha value is -2.24. The fourth-order valence-electron chi connectivity index (χ4n) is 1.99. The van der Waals surface area contributed by atoms with E-state index in [-0.39, 0.29) is 11.9 Å². The van der Waals surface area contributed by atoms with Crippen molar-refractivity contribution in [1.82, 2.24) is 5.32 Å². The Bertz CT molecular complexity index is 733. The van der Waals surface area contributed by atoms with Crippen LogP contribution in [0.1, 0.15) is 28.9 Å². The van der Waals surface area contributed by atoms with Gasteiger partial charge < -0.3 is 16.4 Å². The van der Waals surface area contributed by atoms with Gasteiger partial charge in [0.05, 0.1) is 16.1 Å². The standard InChI is InChI=1S/C16H15Cl2N3O2/c1-9(11-4-7-13(17)14(18)8-11)20-15(22)10-2-5-12(6-3-10)21-16(19)23/h2-9H,1H3,(H,20,22)(H3,19,21,23). The van der Waals surface area contributed by atoms with Gasteiger partial charge in [0, 0.05) is 11.3 Å². The number of hydrogen-bond donors (Lipinski definition) is 3. The summed E-state index contributed by atoms with van der Waals surface area (Å²) in [6.07, 6.45) is 0. The topological polar surface area (TPSA) is 84.2 Å². The molecule has 4 N–H and O–H groups in total. The molecule has 0 aliphatic heterocycles. The highest BCUT2D eigenvalue weighted by Crippen LogP contribution is 2.25. The minimum absolute atomic E-state index is 0.235. The summed E-state index contributed by atoms with van der Waals surface area (Å²) in [6, 6.07) is 10.7. The highest BCUT2D eigenvalue weighted by molar-refractivity contribution is 6.42. The summed E-state index contributed by atoms with van der Waals surface area (Å²) < 4.78 is 0. The maximum absolute atomic E-state index is 12.2. The predicted octanol–water partition coefficient (Wildman–Crippen LogP) is 3.98. The number of nitrogens with two attached hydrogens (primary N) is 1. The van der Waals surface area contributed by atoms with Crippen molar-refractivity contribution < 1.29 is 9.59 Å². The molecule has 7 heteroatoms. The summed E-state index contributed by atoms with van der Waals surface area (Å²) >= 11 is 11.9. The van der Waals surface area contributed by atoms with Crippen molar-refractivity contribution in [3.8, 4) is 0 Å². The Kier molecular flexibility index (Phi) is 5.47. The van der Waals surface area contributed by atoms with Gasteiger partial charge in [0.2, 0.25) is 0 Å². The molecule has 0 bridgehead atoms. The first-order valence-corrected chi connectivity index (χ1v) is 7.54. The Balaban J connectivity index is 2.05. The Labute approximate surface area is 143 Å². The van der Waals surface area contributed by atoms with Crippen LogP contribution in [0.4, 0.5) is 10.5 Å². The van der Waals surface area contributed by atoms with Gasteiger partial charge in [-0.05, 0) is 48.9 Å². The van der Waals surface area contributed by atoms with Crippen molar-refractivity contribution in [1.29, 1.82) is 0 Å². The van der Waals surface area contributed by atoms with E-state index >= 15 is 0 Å². The van der Waals surface area contributed by atoms with E-state index in [1.807, 2.05) is 6.92 Å². The Morgan fingerprint density at radius 1 is 1.04 bits per heavy atom. The van der Waals surface area contributed by atoms with Crippen LogP contribution in [0, 0.1) is 0 Å². The molecular formula is C16H15Cl2N3O2. The summed E-state index contributed by atoms with van der Waals surface area (Å²) in [7, 11) is 0. The third-order valence-corrected chi connectivity index (χ3v) is 3.94. The highest BCUT2D eigenvalue weighted by atomic mass is 35.5. The van der Waals surface area contributed by atoms with Gasteiger partial charge in [0.15, 0.2) is 0 Å². The summed E-state index contributed by atoms with van der Waals surface area (Å²) in [5.41, 5.74) is 6.86. The number of nitrogens with one attached hydrogen (secondary N) is 2. The summed E-state index contributed by atoms with van der Waals surface area (Å²) in [5, 5.41) is 6.20. The van der Waals surface area contributed by atoms with E-state index in [1.165, 1.54) is 0 Å². The zero-order valence-corrected chi connectivity index (χ0v) is 13.8. The van der Waals surface area contributed by atoms with Gasteiger partial charge in [-0.2, -0.15) is 0 Å². The van der Waals surface area contributed by atoms with Crippen LogP contribution in [0.5, 0.6) is 0 Å². The second-order valence-electron chi connectivity index (χ2n) is 4.94. The van der Waals surface area contributed by atoms with Crippen molar-refractivity contribution in [2.24, 2.45) is 5.73 Å². The number of benzene rings is 2. The third kappa shape index (κ3) is 4.61. The van der Waals surface area contributed by atoms with Crippen LogP contribution in [-0.4, -0.2) is 11.9 Å². The maximum atomic E-state index is 12.2. The van der Waals surface area contributed by atoms with Crippen molar-refractivity contribution >= 4 is 40.8 Å². The minimum atomic E-state index is -0.657. The number of urea groups is 1. The average molecular weight is 352 g/mol. The van der Waals surface area contributed by atoms with Gasteiger partial charge in [0.25, 0.3) is 5.91 Å². The van der Waals surface area contributed by atoms with Crippen molar-refractivity contribution in [3.05, 3.63) is 63.6 Å². The van der Waals surface area contributed by atoms with Crippen LogP contribution in [0.2, 0.25) is 10.0 Å². The van der Waals surface area contributed by atoms with Gasteiger partial charge in [-0.15, -0.1) is 0 Å². The zero-order valence-electron chi connectivity index (χ0n) is 12.3. The Morgan fingerprint density at radius 3 is 2.26 bits per heavy atom. The van der Waals surface area contributed by atoms with E-state index in [2.05, 4.69) is 10.6 Å². The van der Waals surface area contributed by atoms with E-state index in [9.17, 15) is 9.59 Å². The number of carbonyl (C=O) groups excluding carboxylic acids is 2. The number of primary amides is 1. The van der Waals surface area contributed by atoms with E-state index in [0.29, 0.717) is 21.3 Å². The molecule has 0 heterocycles. The molecule has 0 spiro atoms. The molecule has 0 saturated heterocycles. The van der Waals surface area contributed by atoms with Crippen molar-refractivity contribution in [2.75, 3.05) is 5.32 Å². The lowest BCUT2D eigenvalue weighted by atomic mass is 10.1. The van der Waals surface area contributed by atoms with E-state index < -0.39 is 6.03 Å². The molecule has 0 aromatic heterocycles. The molecule has 1 atom stereocenters. The lowest BCUT2D eigenvalue weighted by Crippen LogP contribution is -2.26. The molecule has 0 radical (unpaired) electrons. The maximum Gasteiger partial charge on any atom is 0.316 e. The molecule has 23 heavy (non-hydrogen) atoms. The number of anilines is 1. The van der Waals surface area contributed by atoms with Crippen molar-refractivity contribution in [3.63, 3.8) is 0 Å². The molecule has 0 aliphatic carbocycles. The monoisotopic (exact) mass is 351 g/mol. The third-order valence-electron chi connectivity index (χ3n) is 3.21. The summed E-state index contributed by atoms with van der Waals surface area (Å²) in [6.45, 7) is 1.85. The number of halogens is 2. The lowest BCUT2D eigenvalue weighted by Gasteiger charge is -2.15.